The van der Waals surface area contributed by atoms with Gasteiger partial charge in [0.25, 0.3) is 0 Å². The molecule has 0 amide bonds. The van der Waals surface area contributed by atoms with Crippen molar-refractivity contribution in [2.24, 2.45) is 0 Å². The second-order valence-corrected chi connectivity index (χ2v) is 5.41. The topological polar surface area (TPSA) is 34.8 Å². The molecule has 1 unspecified atom stereocenters. The Morgan fingerprint density at radius 3 is 2.81 bits per heavy atom. The number of aromatic nitrogens is 3. The number of aryl methyl sites for hydroxylation is 1. The van der Waals surface area contributed by atoms with Gasteiger partial charge in [0, 0.05) is 30.4 Å². The number of rotatable bonds is 5. The molecule has 4 heteroatoms. The van der Waals surface area contributed by atoms with Crippen molar-refractivity contribution in [2.45, 2.75) is 33.0 Å². The van der Waals surface area contributed by atoms with Crippen LogP contribution in [0.3, 0.4) is 0 Å². The largest absolute Gasteiger partial charge is 0.348 e. The molecule has 3 aromatic rings. The Morgan fingerprint density at radius 2 is 2.05 bits per heavy atom. The number of hydrogen-bond donors (Lipinski definition) is 1. The minimum atomic E-state index is 0.371. The zero-order valence-corrected chi connectivity index (χ0v) is 12.9. The molecule has 1 atom stereocenters. The SMILES string of the molecule is CCn1nc(Cn2ccc(C(C)NC)c2)c2ccccc21. The normalized spacial score (nSPS) is 12.9. The molecule has 2 heterocycles. The fraction of sp³-hybridized carbons (Fsp3) is 0.353. The van der Waals surface area contributed by atoms with E-state index >= 15 is 0 Å². The summed E-state index contributed by atoms with van der Waals surface area (Å²) in [4.78, 5) is 0. The average molecular weight is 282 g/mol. The number of benzene rings is 1. The van der Waals surface area contributed by atoms with Crippen molar-refractivity contribution in [1.29, 1.82) is 0 Å². The van der Waals surface area contributed by atoms with Gasteiger partial charge >= 0.3 is 0 Å². The Labute approximate surface area is 125 Å². The van der Waals surface area contributed by atoms with E-state index in [9.17, 15) is 0 Å². The van der Waals surface area contributed by atoms with E-state index in [-0.39, 0.29) is 0 Å². The summed E-state index contributed by atoms with van der Waals surface area (Å²) < 4.78 is 4.28. The molecule has 1 aromatic carbocycles. The quantitative estimate of drug-likeness (QED) is 0.780. The lowest BCUT2D eigenvalue weighted by Crippen LogP contribution is -2.11. The lowest BCUT2D eigenvalue weighted by Gasteiger charge is -2.06. The van der Waals surface area contributed by atoms with Gasteiger partial charge in [-0.3, -0.25) is 4.68 Å². The number of fused-ring (bicyclic) bond motifs is 1. The minimum Gasteiger partial charge on any atom is -0.348 e. The van der Waals surface area contributed by atoms with E-state index < -0.39 is 0 Å². The minimum absolute atomic E-state index is 0.371. The second-order valence-electron chi connectivity index (χ2n) is 5.41. The molecule has 0 bridgehead atoms. The fourth-order valence-corrected chi connectivity index (χ4v) is 2.71. The van der Waals surface area contributed by atoms with Crippen molar-refractivity contribution in [2.75, 3.05) is 7.05 Å². The smallest absolute Gasteiger partial charge is 0.0900 e. The lowest BCUT2D eigenvalue weighted by atomic mass is 10.2. The number of hydrogen-bond acceptors (Lipinski definition) is 2. The van der Waals surface area contributed by atoms with Gasteiger partial charge in [0.15, 0.2) is 0 Å². The molecule has 0 aliphatic rings. The Kier molecular flexibility index (Phi) is 3.80. The highest BCUT2D eigenvalue weighted by molar-refractivity contribution is 5.81. The van der Waals surface area contributed by atoms with Gasteiger partial charge in [0.1, 0.15) is 0 Å². The monoisotopic (exact) mass is 282 g/mol. The van der Waals surface area contributed by atoms with E-state index in [1.54, 1.807) is 0 Å². The van der Waals surface area contributed by atoms with E-state index in [0.717, 1.165) is 18.8 Å². The van der Waals surface area contributed by atoms with Crippen LogP contribution in [-0.2, 0) is 13.1 Å². The van der Waals surface area contributed by atoms with Crippen LogP contribution in [0.1, 0.15) is 31.1 Å². The maximum absolute atomic E-state index is 4.76. The summed E-state index contributed by atoms with van der Waals surface area (Å²) >= 11 is 0. The maximum Gasteiger partial charge on any atom is 0.0900 e. The third-order valence-corrected chi connectivity index (χ3v) is 4.07. The van der Waals surface area contributed by atoms with E-state index in [0.29, 0.717) is 6.04 Å². The first-order valence-corrected chi connectivity index (χ1v) is 7.50. The molecule has 110 valence electrons. The van der Waals surface area contributed by atoms with Gasteiger partial charge < -0.3 is 9.88 Å². The van der Waals surface area contributed by atoms with Crippen molar-refractivity contribution in [1.82, 2.24) is 19.7 Å². The van der Waals surface area contributed by atoms with Crippen molar-refractivity contribution in [3.8, 4) is 0 Å². The standard InChI is InChI=1S/C17H22N4/c1-4-21-17-8-6-5-7-15(17)16(19-21)12-20-10-9-14(11-20)13(2)18-3/h5-11,13,18H,4,12H2,1-3H3. The summed E-state index contributed by atoms with van der Waals surface area (Å²) in [6.45, 7) is 6.00. The summed E-state index contributed by atoms with van der Waals surface area (Å²) in [7, 11) is 1.98. The third kappa shape index (κ3) is 2.59. The molecule has 1 N–H and O–H groups in total. The fourth-order valence-electron chi connectivity index (χ4n) is 2.71. The van der Waals surface area contributed by atoms with E-state index in [1.807, 2.05) is 7.05 Å². The van der Waals surface area contributed by atoms with Crippen LogP contribution in [0.15, 0.2) is 42.7 Å². The Bertz CT molecular complexity index is 738. The van der Waals surface area contributed by atoms with Crippen LogP contribution >= 0.6 is 0 Å². The molecule has 0 fully saturated rings. The first-order valence-electron chi connectivity index (χ1n) is 7.50. The molecule has 0 spiro atoms. The number of nitrogens with zero attached hydrogens (tertiary/aromatic N) is 3. The molecule has 0 saturated heterocycles. The van der Waals surface area contributed by atoms with Gasteiger partial charge in [-0.05, 0) is 38.6 Å². The van der Waals surface area contributed by atoms with Crippen molar-refractivity contribution < 1.29 is 0 Å². The van der Waals surface area contributed by atoms with Crippen LogP contribution in [0.2, 0.25) is 0 Å². The highest BCUT2D eigenvalue weighted by atomic mass is 15.3. The van der Waals surface area contributed by atoms with Crippen LogP contribution in [-0.4, -0.2) is 21.4 Å². The molecular weight excluding hydrogens is 260 g/mol. The van der Waals surface area contributed by atoms with Gasteiger partial charge in [0.2, 0.25) is 0 Å². The zero-order chi connectivity index (χ0) is 14.8. The van der Waals surface area contributed by atoms with E-state index in [4.69, 9.17) is 5.10 Å². The van der Waals surface area contributed by atoms with Gasteiger partial charge in [-0.1, -0.05) is 18.2 Å². The number of para-hydroxylation sites is 1. The predicted octanol–water partition coefficient (Wildman–Crippen LogP) is 3.19. The van der Waals surface area contributed by atoms with Gasteiger partial charge in [-0.2, -0.15) is 5.10 Å². The van der Waals surface area contributed by atoms with Crippen LogP contribution in [0.25, 0.3) is 10.9 Å². The summed E-state index contributed by atoms with van der Waals surface area (Å²) in [5.74, 6) is 0. The van der Waals surface area contributed by atoms with Crippen molar-refractivity contribution >= 4 is 10.9 Å². The molecule has 0 aliphatic carbocycles. The first-order chi connectivity index (χ1) is 10.2. The van der Waals surface area contributed by atoms with Crippen LogP contribution in [0.4, 0.5) is 0 Å². The number of nitrogens with one attached hydrogen (secondary N) is 1. The molecule has 2 aromatic heterocycles. The van der Waals surface area contributed by atoms with Crippen LogP contribution in [0.5, 0.6) is 0 Å². The Balaban J connectivity index is 1.93. The van der Waals surface area contributed by atoms with Crippen molar-refractivity contribution in [3.05, 3.63) is 54.0 Å². The molecule has 3 rings (SSSR count). The lowest BCUT2D eigenvalue weighted by molar-refractivity contribution is 0.642. The third-order valence-electron chi connectivity index (χ3n) is 4.07. The Morgan fingerprint density at radius 1 is 1.24 bits per heavy atom. The molecule has 21 heavy (non-hydrogen) atoms. The highest BCUT2D eigenvalue weighted by Crippen LogP contribution is 2.20. The first kappa shape index (κ1) is 13.9. The summed E-state index contributed by atoms with van der Waals surface area (Å²) in [5.41, 5.74) is 3.65. The van der Waals surface area contributed by atoms with Crippen LogP contribution in [0, 0.1) is 0 Å². The van der Waals surface area contributed by atoms with Gasteiger partial charge in [0.05, 0.1) is 17.8 Å². The maximum atomic E-state index is 4.76. The van der Waals surface area contributed by atoms with Gasteiger partial charge in [-0.15, -0.1) is 0 Å². The molecule has 0 saturated carbocycles. The Hall–Kier alpha value is -2.07. The van der Waals surface area contributed by atoms with Crippen molar-refractivity contribution in [3.63, 3.8) is 0 Å². The van der Waals surface area contributed by atoms with E-state index in [1.165, 1.54) is 16.5 Å². The highest BCUT2D eigenvalue weighted by Gasteiger charge is 2.10. The summed E-state index contributed by atoms with van der Waals surface area (Å²) in [5, 5.41) is 9.27. The summed E-state index contributed by atoms with van der Waals surface area (Å²) in [6, 6.07) is 11.0. The molecule has 0 radical (unpaired) electrons. The molecule has 0 aliphatic heterocycles. The predicted molar refractivity (Wildman–Crippen MR) is 86.4 cm³/mol. The van der Waals surface area contributed by atoms with Gasteiger partial charge in [-0.25, -0.2) is 0 Å². The summed E-state index contributed by atoms with van der Waals surface area (Å²) in [6.07, 6.45) is 4.32. The average Bonchev–Trinajstić information content (AvgIpc) is 3.12. The van der Waals surface area contributed by atoms with E-state index in [2.05, 4.69) is 71.1 Å². The zero-order valence-electron chi connectivity index (χ0n) is 12.9. The molecule has 4 nitrogen and oxygen atoms in total. The second kappa shape index (κ2) is 5.74. The van der Waals surface area contributed by atoms with Crippen LogP contribution < -0.4 is 5.32 Å². The molecular formula is C17H22N4.